The van der Waals surface area contributed by atoms with Crippen LogP contribution in [0.3, 0.4) is 0 Å². The summed E-state index contributed by atoms with van der Waals surface area (Å²) in [6.45, 7) is 2.33. The smallest absolute Gasteiger partial charge is 0.250 e. The molecule has 0 spiro atoms. The summed E-state index contributed by atoms with van der Waals surface area (Å²) in [7, 11) is 2.98. The molecular formula is C10H22N2O4. The summed E-state index contributed by atoms with van der Waals surface area (Å²) >= 11 is 0. The molecule has 96 valence electrons. The van der Waals surface area contributed by atoms with Gasteiger partial charge in [-0.2, -0.15) is 0 Å². The summed E-state index contributed by atoms with van der Waals surface area (Å²) < 4.78 is 9.72. The van der Waals surface area contributed by atoms with Crippen LogP contribution in [0.25, 0.3) is 0 Å². The van der Waals surface area contributed by atoms with E-state index in [-0.39, 0.29) is 19.0 Å². The number of carbonyl (C=O) groups is 1. The van der Waals surface area contributed by atoms with Crippen molar-refractivity contribution >= 4 is 5.91 Å². The Labute approximate surface area is 96.1 Å². The van der Waals surface area contributed by atoms with Gasteiger partial charge in [-0.25, -0.2) is 0 Å². The van der Waals surface area contributed by atoms with E-state index in [9.17, 15) is 9.90 Å². The highest BCUT2D eigenvalue weighted by molar-refractivity contribution is 5.81. The Morgan fingerprint density at radius 1 is 1.56 bits per heavy atom. The number of ether oxygens (including phenoxy) is 2. The van der Waals surface area contributed by atoms with E-state index in [1.807, 2.05) is 0 Å². The van der Waals surface area contributed by atoms with Gasteiger partial charge < -0.3 is 25.6 Å². The molecule has 6 heteroatoms. The quantitative estimate of drug-likeness (QED) is 0.494. The Kier molecular flexibility index (Phi) is 7.24. The van der Waals surface area contributed by atoms with Crippen molar-refractivity contribution in [1.29, 1.82) is 0 Å². The van der Waals surface area contributed by atoms with Gasteiger partial charge in [0.2, 0.25) is 0 Å². The third-order valence-electron chi connectivity index (χ3n) is 2.28. The van der Waals surface area contributed by atoms with E-state index in [4.69, 9.17) is 15.2 Å². The summed E-state index contributed by atoms with van der Waals surface area (Å²) in [5.74, 6) is -0.317. The first-order valence-corrected chi connectivity index (χ1v) is 5.18. The lowest BCUT2D eigenvalue weighted by molar-refractivity contribution is -0.131. The molecule has 0 aliphatic carbocycles. The van der Waals surface area contributed by atoms with Gasteiger partial charge in [-0.05, 0) is 6.92 Å². The molecule has 4 N–H and O–H groups in total. The molecule has 0 radical (unpaired) electrons. The maximum atomic E-state index is 11.5. The van der Waals surface area contributed by atoms with Crippen LogP contribution in [0.2, 0.25) is 0 Å². The minimum absolute atomic E-state index is 0.114. The molecule has 6 nitrogen and oxygen atoms in total. The van der Waals surface area contributed by atoms with E-state index < -0.39 is 11.7 Å². The fourth-order valence-electron chi connectivity index (χ4n) is 1.11. The van der Waals surface area contributed by atoms with Gasteiger partial charge in [-0.1, -0.05) is 0 Å². The van der Waals surface area contributed by atoms with Crippen LogP contribution in [0.4, 0.5) is 0 Å². The third kappa shape index (κ3) is 6.02. The zero-order valence-corrected chi connectivity index (χ0v) is 10.2. The Bertz CT molecular complexity index is 205. The SMILES string of the molecule is COCCC(C)(O)CNC(=O)C(CN)OC. The second-order valence-electron chi connectivity index (χ2n) is 3.92. The molecule has 0 aliphatic heterocycles. The number of methoxy groups -OCH3 is 2. The van der Waals surface area contributed by atoms with Gasteiger partial charge >= 0.3 is 0 Å². The number of amides is 1. The third-order valence-corrected chi connectivity index (χ3v) is 2.28. The van der Waals surface area contributed by atoms with Gasteiger partial charge in [-0.3, -0.25) is 4.79 Å². The van der Waals surface area contributed by atoms with Crippen LogP contribution < -0.4 is 11.1 Å². The monoisotopic (exact) mass is 234 g/mol. The van der Waals surface area contributed by atoms with E-state index in [0.29, 0.717) is 13.0 Å². The molecule has 0 aromatic carbocycles. The minimum Gasteiger partial charge on any atom is -0.388 e. The van der Waals surface area contributed by atoms with Crippen LogP contribution in [0.15, 0.2) is 0 Å². The summed E-state index contributed by atoms with van der Waals surface area (Å²) in [4.78, 5) is 11.5. The lowest BCUT2D eigenvalue weighted by Crippen LogP contribution is -2.47. The van der Waals surface area contributed by atoms with Crippen molar-refractivity contribution < 1.29 is 19.4 Å². The minimum atomic E-state index is -0.988. The maximum absolute atomic E-state index is 11.5. The van der Waals surface area contributed by atoms with Crippen molar-refractivity contribution in [1.82, 2.24) is 5.32 Å². The highest BCUT2D eigenvalue weighted by atomic mass is 16.5. The topological polar surface area (TPSA) is 93.8 Å². The molecule has 0 fully saturated rings. The van der Waals surface area contributed by atoms with Gasteiger partial charge in [-0.15, -0.1) is 0 Å². The van der Waals surface area contributed by atoms with Gasteiger partial charge in [0.05, 0.1) is 5.60 Å². The largest absolute Gasteiger partial charge is 0.388 e. The molecule has 0 bridgehead atoms. The number of hydrogen-bond donors (Lipinski definition) is 3. The molecule has 16 heavy (non-hydrogen) atoms. The molecule has 0 heterocycles. The number of rotatable bonds is 8. The molecule has 2 unspecified atom stereocenters. The van der Waals surface area contributed by atoms with Crippen LogP contribution in [0.5, 0.6) is 0 Å². The van der Waals surface area contributed by atoms with Crippen molar-refractivity contribution in [3.05, 3.63) is 0 Å². The van der Waals surface area contributed by atoms with E-state index in [0.717, 1.165) is 0 Å². The van der Waals surface area contributed by atoms with E-state index in [1.165, 1.54) is 7.11 Å². The highest BCUT2D eigenvalue weighted by Crippen LogP contribution is 2.07. The zero-order valence-electron chi connectivity index (χ0n) is 10.2. The lowest BCUT2D eigenvalue weighted by Gasteiger charge is -2.24. The molecule has 0 saturated carbocycles. The van der Waals surface area contributed by atoms with Gasteiger partial charge in [0.15, 0.2) is 0 Å². The number of aliphatic hydroxyl groups is 1. The van der Waals surface area contributed by atoms with Crippen molar-refractivity contribution in [2.45, 2.75) is 25.0 Å². The predicted molar refractivity (Wildman–Crippen MR) is 60.0 cm³/mol. The fourth-order valence-corrected chi connectivity index (χ4v) is 1.11. The Hall–Kier alpha value is -0.690. The van der Waals surface area contributed by atoms with Crippen molar-refractivity contribution in [3.8, 4) is 0 Å². The first-order valence-electron chi connectivity index (χ1n) is 5.18. The number of hydrogen-bond acceptors (Lipinski definition) is 5. The first kappa shape index (κ1) is 15.3. The Morgan fingerprint density at radius 2 is 2.19 bits per heavy atom. The van der Waals surface area contributed by atoms with Gasteiger partial charge in [0.1, 0.15) is 6.10 Å². The standard InChI is InChI=1S/C10H22N2O4/c1-10(14,4-5-15-2)7-12-9(13)8(6-11)16-3/h8,14H,4-7,11H2,1-3H3,(H,12,13). The summed E-state index contributed by atoms with van der Waals surface area (Å²) in [5.41, 5.74) is 4.35. The molecule has 1 amide bonds. The first-order chi connectivity index (χ1) is 7.46. The van der Waals surface area contributed by atoms with Gasteiger partial charge in [0, 0.05) is 40.3 Å². The predicted octanol–water partition coefficient (Wildman–Crippen LogP) is -1.14. The van der Waals surface area contributed by atoms with Crippen LogP contribution in [-0.2, 0) is 14.3 Å². The summed E-state index contributed by atoms with van der Waals surface area (Å²) in [6.07, 6.45) is -0.220. The van der Waals surface area contributed by atoms with Gasteiger partial charge in [0.25, 0.3) is 5.91 Å². The molecule has 2 atom stereocenters. The normalized spacial score (nSPS) is 16.6. The van der Waals surface area contributed by atoms with Crippen molar-refractivity contribution in [2.75, 3.05) is 33.9 Å². The lowest BCUT2D eigenvalue weighted by atomic mass is 10.0. The molecule has 0 aliphatic rings. The van der Waals surface area contributed by atoms with Crippen LogP contribution >= 0.6 is 0 Å². The Balaban J connectivity index is 3.97. The number of carbonyl (C=O) groups excluding carboxylic acids is 1. The molecule has 0 aromatic rings. The van der Waals surface area contributed by atoms with E-state index in [2.05, 4.69) is 5.32 Å². The number of nitrogens with one attached hydrogen (secondary N) is 1. The molecular weight excluding hydrogens is 212 g/mol. The number of nitrogens with two attached hydrogens (primary N) is 1. The average molecular weight is 234 g/mol. The van der Waals surface area contributed by atoms with Crippen LogP contribution in [0, 0.1) is 0 Å². The van der Waals surface area contributed by atoms with E-state index >= 15 is 0 Å². The fraction of sp³-hybridized carbons (Fsp3) is 0.900. The summed E-state index contributed by atoms with van der Waals surface area (Å²) in [6, 6.07) is 0. The second-order valence-corrected chi connectivity index (χ2v) is 3.92. The highest BCUT2D eigenvalue weighted by Gasteiger charge is 2.23. The Morgan fingerprint density at radius 3 is 2.62 bits per heavy atom. The van der Waals surface area contributed by atoms with E-state index in [1.54, 1.807) is 14.0 Å². The van der Waals surface area contributed by atoms with Crippen LogP contribution in [0.1, 0.15) is 13.3 Å². The van der Waals surface area contributed by atoms with Crippen molar-refractivity contribution in [2.24, 2.45) is 5.73 Å². The second kappa shape index (κ2) is 7.56. The molecule has 0 saturated heterocycles. The zero-order chi connectivity index (χ0) is 12.6. The van der Waals surface area contributed by atoms with Crippen molar-refractivity contribution in [3.63, 3.8) is 0 Å². The summed E-state index contributed by atoms with van der Waals surface area (Å²) in [5, 5.41) is 12.4. The average Bonchev–Trinajstić information content (AvgIpc) is 2.25. The van der Waals surface area contributed by atoms with Crippen LogP contribution in [-0.4, -0.2) is 56.6 Å². The molecule has 0 rings (SSSR count). The maximum Gasteiger partial charge on any atom is 0.250 e. The molecule has 0 aromatic heterocycles.